The summed E-state index contributed by atoms with van der Waals surface area (Å²) in [6.07, 6.45) is 2.48. The molecule has 1 unspecified atom stereocenters. The van der Waals surface area contributed by atoms with Gasteiger partial charge in [-0.1, -0.05) is 43.3 Å². The highest BCUT2D eigenvalue weighted by Crippen LogP contribution is 2.31. The lowest BCUT2D eigenvalue weighted by Gasteiger charge is -2.28. The van der Waals surface area contributed by atoms with Gasteiger partial charge in [0.1, 0.15) is 10.9 Å². The minimum atomic E-state index is -3.71. The molecule has 32 heavy (non-hydrogen) atoms. The van der Waals surface area contributed by atoms with Crippen LogP contribution in [0.5, 0.6) is 0 Å². The van der Waals surface area contributed by atoms with E-state index in [9.17, 15) is 13.2 Å². The molecule has 2 atom stereocenters. The summed E-state index contributed by atoms with van der Waals surface area (Å²) in [5.41, 5.74) is 3.01. The fraction of sp³-hybridized carbons (Fsp3) is 0.417. The second-order valence-corrected chi connectivity index (χ2v) is 10.1. The smallest absolute Gasteiger partial charge is 0.285 e. The van der Waals surface area contributed by atoms with Gasteiger partial charge in [-0.2, -0.15) is 8.42 Å². The number of carbonyl (C=O) groups is 1. The standard InChI is InChI=1S/C24H30N4O3S/c1-4-17-11-13-18(14-12-17)21(27(2)3)16-25-24(29)20-9-7-15-28(20)23-19-8-5-6-10-22(19)32(30,31)26-23/h5-6,8,10-14,20-21H,4,7,9,15-16H2,1-3H3,(H,25,29)/t20-,21?/m0/s1. The Morgan fingerprint density at radius 2 is 1.91 bits per heavy atom. The number of likely N-dealkylation sites (tertiary alicyclic amines) is 1. The second-order valence-electron chi connectivity index (χ2n) is 8.56. The molecule has 2 aromatic rings. The van der Waals surface area contributed by atoms with E-state index in [-0.39, 0.29) is 16.8 Å². The molecule has 4 rings (SSSR count). The van der Waals surface area contributed by atoms with Crippen LogP contribution in [0, 0.1) is 0 Å². The van der Waals surface area contributed by atoms with Crippen molar-refractivity contribution in [2.45, 2.75) is 43.2 Å². The second kappa shape index (κ2) is 9.03. The number of aryl methyl sites for hydroxylation is 1. The number of fused-ring (bicyclic) bond motifs is 1. The van der Waals surface area contributed by atoms with Gasteiger partial charge in [0.05, 0.1) is 6.04 Å². The quantitative estimate of drug-likeness (QED) is 0.726. The largest absolute Gasteiger partial charge is 0.352 e. The molecule has 1 fully saturated rings. The number of carbonyl (C=O) groups excluding carboxylic acids is 1. The third-order valence-electron chi connectivity index (χ3n) is 6.31. The van der Waals surface area contributed by atoms with E-state index in [0.29, 0.717) is 30.9 Å². The fourth-order valence-corrected chi connectivity index (χ4v) is 5.69. The average Bonchev–Trinajstić information content (AvgIpc) is 3.37. The third kappa shape index (κ3) is 4.29. The number of rotatable bonds is 6. The normalized spacial score (nSPS) is 20.2. The molecule has 2 aromatic carbocycles. The summed E-state index contributed by atoms with van der Waals surface area (Å²) in [7, 11) is 0.291. The minimum Gasteiger partial charge on any atom is -0.352 e. The number of amides is 1. The van der Waals surface area contributed by atoms with Crippen LogP contribution in [0.15, 0.2) is 57.8 Å². The average molecular weight is 455 g/mol. The van der Waals surface area contributed by atoms with Crippen molar-refractivity contribution in [3.63, 3.8) is 0 Å². The molecule has 0 aromatic heterocycles. The summed E-state index contributed by atoms with van der Waals surface area (Å²) in [5.74, 6) is 0.293. The Balaban J connectivity index is 1.49. The first-order chi connectivity index (χ1) is 15.3. The number of hydrogen-bond donors (Lipinski definition) is 1. The lowest BCUT2D eigenvalue weighted by atomic mass is 10.0. The molecule has 0 aliphatic carbocycles. The van der Waals surface area contributed by atoms with Gasteiger partial charge in [0, 0.05) is 18.7 Å². The van der Waals surface area contributed by atoms with E-state index < -0.39 is 16.1 Å². The van der Waals surface area contributed by atoms with Gasteiger partial charge in [0.25, 0.3) is 10.0 Å². The molecule has 1 saturated heterocycles. The maximum atomic E-state index is 13.2. The van der Waals surface area contributed by atoms with Crippen LogP contribution in [0.4, 0.5) is 0 Å². The molecule has 2 heterocycles. The first-order valence-electron chi connectivity index (χ1n) is 11.1. The maximum absolute atomic E-state index is 13.2. The van der Waals surface area contributed by atoms with Gasteiger partial charge < -0.3 is 15.1 Å². The Labute approximate surface area is 190 Å². The summed E-state index contributed by atoms with van der Waals surface area (Å²) < 4.78 is 29.0. The lowest BCUT2D eigenvalue weighted by Crippen LogP contribution is -2.47. The van der Waals surface area contributed by atoms with Crippen LogP contribution in [-0.2, 0) is 21.2 Å². The van der Waals surface area contributed by atoms with Gasteiger partial charge >= 0.3 is 0 Å². The number of likely N-dealkylation sites (N-methyl/N-ethyl adjacent to an activating group) is 1. The molecule has 2 aliphatic heterocycles. The Morgan fingerprint density at radius 3 is 2.59 bits per heavy atom. The summed E-state index contributed by atoms with van der Waals surface area (Å²) in [6, 6.07) is 14.9. The van der Waals surface area contributed by atoms with E-state index in [1.54, 1.807) is 24.3 Å². The van der Waals surface area contributed by atoms with Crippen LogP contribution >= 0.6 is 0 Å². The zero-order valence-electron chi connectivity index (χ0n) is 18.8. The number of nitrogens with one attached hydrogen (secondary N) is 1. The molecule has 2 aliphatic rings. The van der Waals surface area contributed by atoms with Crippen LogP contribution in [-0.4, -0.2) is 63.2 Å². The van der Waals surface area contributed by atoms with E-state index >= 15 is 0 Å². The Morgan fingerprint density at radius 1 is 1.19 bits per heavy atom. The van der Waals surface area contributed by atoms with Crippen LogP contribution in [0.25, 0.3) is 0 Å². The van der Waals surface area contributed by atoms with Gasteiger partial charge in [-0.05, 0) is 56.6 Å². The highest BCUT2D eigenvalue weighted by Gasteiger charge is 2.39. The molecule has 0 radical (unpaired) electrons. The van der Waals surface area contributed by atoms with E-state index in [1.165, 1.54) is 5.56 Å². The topological polar surface area (TPSA) is 82.1 Å². The van der Waals surface area contributed by atoms with Crippen LogP contribution in [0.1, 0.15) is 42.5 Å². The van der Waals surface area contributed by atoms with E-state index in [2.05, 4.69) is 45.8 Å². The first kappa shape index (κ1) is 22.5. The van der Waals surface area contributed by atoms with Crippen molar-refractivity contribution in [1.29, 1.82) is 0 Å². The van der Waals surface area contributed by atoms with E-state index in [1.807, 2.05) is 19.0 Å². The zero-order valence-corrected chi connectivity index (χ0v) is 19.6. The number of benzene rings is 2. The van der Waals surface area contributed by atoms with Crippen molar-refractivity contribution in [2.24, 2.45) is 4.40 Å². The number of nitrogens with zero attached hydrogens (tertiary/aromatic N) is 3. The molecule has 0 spiro atoms. The van der Waals surface area contributed by atoms with Gasteiger partial charge in [-0.25, -0.2) is 0 Å². The van der Waals surface area contributed by atoms with E-state index in [0.717, 1.165) is 18.4 Å². The van der Waals surface area contributed by atoms with Crippen molar-refractivity contribution in [3.05, 3.63) is 65.2 Å². The van der Waals surface area contributed by atoms with Crippen molar-refractivity contribution < 1.29 is 13.2 Å². The van der Waals surface area contributed by atoms with E-state index in [4.69, 9.17) is 0 Å². The molecule has 0 saturated carbocycles. The van der Waals surface area contributed by atoms with Crippen molar-refractivity contribution in [3.8, 4) is 0 Å². The molecule has 8 heteroatoms. The van der Waals surface area contributed by atoms with Gasteiger partial charge in [0.15, 0.2) is 5.84 Å². The Kier molecular flexibility index (Phi) is 6.35. The van der Waals surface area contributed by atoms with Crippen LogP contribution in [0.2, 0.25) is 0 Å². The fourth-order valence-electron chi connectivity index (χ4n) is 4.48. The first-order valence-corrected chi connectivity index (χ1v) is 12.5. The molecular formula is C24H30N4O3S. The lowest BCUT2D eigenvalue weighted by molar-refractivity contribution is -0.124. The molecule has 7 nitrogen and oxygen atoms in total. The minimum absolute atomic E-state index is 0.0460. The SMILES string of the molecule is CCc1ccc(C(CNC(=O)[C@@H]2CCCN2C2=NS(=O)(=O)c3ccccc32)N(C)C)cc1. The number of sulfonamides is 1. The van der Waals surface area contributed by atoms with Crippen LogP contribution in [0.3, 0.4) is 0 Å². The van der Waals surface area contributed by atoms with Crippen molar-refractivity contribution >= 4 is 21.8 Å². The summed E-state index contributed by atoms with van der Waals surface area (Å²) in [5, 5.41) is 3.10. The predicted molar refractivity (Wildman–Crippen MR) is 125 cm³/mol. The summed E-state index contributed by atoms with van der Waals surface area (Å²) >= 11 is 0. The summed E-state index contributed by atoms with van der Waals surface area (Å²) in [4.78, 5) is 17.3. The van der Waals surface area contributed by atoms with Crippen LogP contribution < -0.4 is 5.32 Å². The van der Waals surface area contributed by atoms with Gasteiger partial charge in [-0.3, -0.25) is 4.79 Å². The molecule has 1 amide bonds. The molecule has 1 N–H and O–H groups in total. The zero-order chi connectivity index (χ0) is 22.9. The molecular weight excluding hydrogens is 424 g/mol. The maximum Gasteiger partial charge on any atom is 0.285 e. The number of hydrogen-bond acceptors (Lipinski definition) is 5. The van der Waals surface area contributed by atoms with Crippen molar-refractivity contribution in [2.75, 3.05) is 27.2 Å². The third-order valence-corrected chi connectivity index (χ3v) is 7.63. The van der Waals surface area contributed by atoms with Gasteiger partial charge in [-0.15, -0.1) is 4.40 Å². The number of amidine groups is 1. The highest BCUT2D eigenvalue weighted by atomic mass is 32.2. The highest BCUT2D eigenvalue weighted by molar-refractivity contribution is 7.90. The molecule has 0 bridgehead atoms. The monoisotopic (exact) mass is 454 g/mol. The van der Waals surface area contributed by atoms with Crippen molar-refractivity contribution in [1.82, 2.24) is 15.1 Å². The Hall–Kier alpha value is -2.71. The predicted octanol–water partition coefficient (Wildman–Crippen LogP) is 2.58. The van der Waals surface area contributed by atoms with Gasteiger partial charge in [0.2, 0.25) is 5.91 Å². The Bertz CT molecular complexity index is 1130. The summed E-state index contributed by atoms with van der Waals surface area (Å²) in [6.45, 7) is 3.21. The molecule has 170 valence electrons.